The third-order valence-corrected chi connectivity index (χ3v) is 2.74. The van der Waals surface area contributed by atoms with E-state index in [4.69, 9.17) is 11.6 Å². The second-order valence-corrected chi connectivity index (χ2v) is 4.15. The standard InChI is InChI=1S/C13H12ClN3O/c1-3-8-17-11(15-12(14)16-13(17)18)10-7-5-4-6-9(10)2/h3-7H,1,8H2,2H3. The van der Waals surface area contributed by atoms with Crippen molar-refractivity contribution in [2.24, 2.45) is 0 Å². The fraction of sp³-hybridized carbons (Fsp3) is 0.154. The number of benzene rings is 1. The quantitative estimate of drug-likeness (QED) is 0.798. The van der Waals surface area contributed by atoms with Crippen LogP contribution in [-0.2, 0) is 6.54 Å². The third kappa shape index (κ3) is 2.33. The molecule has 0 atom stereocenters. The summed E-state index contributed by atoms with van der Waals surface area (Å²) in [6.07, 6.45) is 1.63. The van der Waals surface area contributed by atoms with Gasteiger partial charge in [-0.15, -0.1) is 6.58 Å². The molecule has 92 valence electrons. The van der Waals surface area contributed by atoms with Gasteiger partial charge in [-0.25, -0.2) is 4.79 Å². The van der Waals surface area contributed by atoms with Crippen LogP contribution in [0.15, 0.2) is 41.7 Å². The molecular formula is C13H12ClN3O. The predicted octanol–water partition coefficient (Wildman–Crippen LogP) is 2.45. The second-order valence-electron chi connectivity index (χ2n) is 3.81. The molecule has 2 rings (SSSR count). The number of rotatable bonds is 3. The van der Waals surface area contributed by atoms with Gasteiger partial charge in [0.15, 0.2) is 0 Å². The molecule has 0 N–H and O–H groups in total. The minimum atomic E-state index is -0.423. The second kappa shape index (κ2) is 5.14. The summed E-state index contributed by atoms with van der Waals surface area (Å²) in [4.78, 5) is 19.6. The Morgan fingerprint density at radius 1 is 1.39 bits per heavy atom. The number of allylic oxidation sites excluding steroid dienone is 1. The summed E-state index contributed by atoms with van der Waals surface area (Å²) in [6.45, 7) is 5.93. The zero-order valence-corrected chi connectivity index (χ0v) is 10.7. The van der Waals surface area contributed by atoms with Crippen molar-refractivity contribution in [1.82, 2.24) is 14.5 Å². The Morgan fingerprint density at radius 2 is 2.11 bits per heavy atom. The zero-order valence-electron chi connectivity index (χ0n) is 9.93. The lowest BCUT2D eigenvalue weighted by atomic mass is 10.1. The molecule has 0 saturated carbocycles. The molecule has 0 aliphatic rings. The van der Waals surface area contributed by atoms with Crippen LogP contribution >= 0.6 is 11.6 Å². The van der Waals surface area contributed by atoms with Crippen LogP contribution in [-0.4, -0.2) is 14.5 Å². The lowest BCUT2D eigenvalue weighted by molar-refractivity contribution is 0.725. The number of aromatic nitrogens is 3. The summed E-state index contributed by atoms with van der Waals surface area (Å²) in [7, 11) is 0. The van der Waals surface area contributed by atoms with Crippen LogP contribution in [0.5, 0.6) is 0 Å². The number of nitrogens with zero attached hydrogens (tertiary/aromatic N) is 3. The lowest BCUT2D eigenvalue weighted by Crippen LogP contribution is -2.25. The Morgan fingerprint density at radius 3 is 2.78 bits per heavy atom. The highest BCUT2D eigenvalue weighted by Crippen LogP contribution is 2.20. The Kier molecular flexibility index (Phi) is 3.58. The molecule has 1 aromatic heterocycles. The largest absolute Gasteiger partial charge is 0.352 e. The van der Waals surface area contributed by atoms with Gasteiger partial charge < -0.3 is 0 Å². The molecule has 0 amide bonds. The van der Waals surface area contributed by atoms with Crippen LogP contribution in [0.2, 0.25) is 5.28 Å². The molecule has 4 nitrogen and oxygen atoms in total. The van der Waals surface area contributed by atoms with Gasteiger partial charge in [0.1, 0.15) is 5.82 Å². The van der Waals surface area contributed by atoms with Crippen molar-refractivity contribution in [3.05, 3.63) is 58.3 Å². The summed E-state index contributed by atoms with van der Waals surface area (Å²) in [5.74, 6) is 0.512. The summed E-state index contributed by atoms with van der Waals surface area (Å²) < 4.78 is 1.45. The van der Waals surface area contributed by atoms with Crippen molar-refractivity contribution >= 4 is 11.6 Å². The molecule has 0 aliphatic carbocycles. The van der Waals surface area contributed by atoms with Crippen molar-refractivity contribution < 1.29 is 0 Å². The van der Waals surface area contributed by atoms with Gasteiger partial charge in [-0.2, -0.15) is 9.97 Å². The summed E-state index contributed by atoms with van der Waals surface area (Å²) in [6, 6.07) is 7.67. The van der Waals surface area contributed by atoms with Gasteiger partial charge in [0.2, 0.25) is 5.28 Å². The number of hydrogen-bond acceptors (Lipinski definition) is 3. The minimum Gasteiger partial charge on any atom is -0.272 e. The van der Waals surface area contributed by atoms with E-state index in [1.807, 2.05) is 31.2 Å². The maximum Gasteiger partial charge on any atom is 0.352 e. The van der Waals surface area contributed by atoms with Gasteiger partial charge in [0, 0.05) is 12.1 Å². The van der Waals surface area contributed by atoms with Gasteiger partial charge in [0.25, 0.3) is 0 Å². The molecule has 0 fully saturated rings. The highest BCUT2D eigenvalue weighted by Gasteiger charge is 2.11. The first-order valence-electron chi connectivity index (χ1n) is 5.44. The average Bonchev–Trinajstić information content (AvgIpc) is 2.33. The van der Waals surface area contributed by atoms with Crippen molar-refractivity contribution in [2.75, 3.05) is 0 Å². The molecule has 0 spiro atoms. The van der Waals surface area contributed by atoms with E-state index in [0.717, 1.165) is 11.1 Å². The first-order chi connectivity index (χ1) is 8.63. The van der Waals surface area contributed by atoms with Crippen LogP contribution in [0.1, 0.15) is 5.56 Å². The van der Waals surface area contributed by atoms with Gasteiger partial charge in [0.05, 0.1) is 0 Å². The molecule has 1 heterocycles. The van der Waals surface area contributed by atoms with Crippen LogP contribution in [0, 0.1) is 6.92 Å². The van der Waals surface area contributed by atoms with Gasteiger partial charge >= 0.3 is 5.69 Å². The monoisotopic (exact) mass is 261 g/mol. The minimum absolute atomic E-state index is 0.0430. The molecule has 5 heteroatoms. The molecule has 2 aromatic rings. The molecule has 1 aromatic carbocycles. The molecular weight excluding hydrogens is 250 g/mol. The summed E-state index contributed by atoms with van der Waals surface area (Å²) in [5, 5.41) is -0.0430. The lowest BCUT2D eigenvalue weighted by Gasteiger charge is -2.11. The topological polar surface area (TPSA) is 47.8 Å². The van der Waals surface area contributed by atoms with E-state index in [2.05, 4.69) is 16.5 Å². The van der Waals surface area contributed by atoms with E-state index in [1.165, 1.54) is 4.57 Å². The average molecular weight is 262 g/mol. The van der Waals surface area contributed by atoms with Crippen molar-refractivity contribution in [1.29, 1.82) is 0 Å². The summed E-state index contributed by atoms with van der Waals surface area (Å²) >= 11 is 5.76. The zero-order chi connectivity index (χ0) is 13.1. The van der Waals surface area contributed by atoms with Gasteiger partial charge in [-0.05, 0) is 24.1 Å². The Labute approximate surface area is 110 Å². The van der Waals surface area contributed by atoms with Gasteiger partial charge in [-0.3, -0.25) is 4.57 Å². The smallest absolute Gasteiger partial charge is 0.272 e. The van der Waals surface area contributed by atoms with Crippen LogP contribution in [0.3, 0.4) is 0 Å². The van der Waals surface area contributed by atoms with E-state index in [-0.39, 0.29) is 5.28 Å². The van der Waals surface area contributed by atoms with Crippen molar-refractivity contribution in [3.8, 4) is 11.4 Å². The van der Waals surface area contributed by atoms with Gasteiger partial charge in [-0.1, -0.05) is 30.3 Å². The van der Waals surface area contributed by atoms with E-state index >= 15 is 0 Å². The number of hydrogen-bond donors (Lipinski definition) is 0. The molecule has 0 aliphatic heterocycles. The van der Waals surface area contributed by atoms with Crippen molar-refractivity contribution in [2.45, 2.75) is 13.5 Å². The normalized spacial score (nSPS) is 10.3. The molecule has 0 bridgehead atoms. The summed E-state index contributed by atoms with van der Waals surface area (Å²) in [5.41, 5.74) is 1.46. The molecule has 0 radical (unpaired) electrons. The van der Waals surface area contributed by atoms with Crippen LogP contribution in [0.4, 0.5) is 0 Å². The predicted molar refractivity (Wildman–Crippen MR) is 71.7 cm³/mol. The van der Waals surface area contributed by atoms with Crippen LogP contribution < -0.4 is 5.69 Å². The number of halogens is 1. The highest BCUT2D eigenvalue weighted by molar-refractivity contribution is 6.28. The fourth-order valence-electron chi connectivity index (χ4n) is 1.73. The maximum absolute atomic E-state index is 11.8. The van der Waals surface area contributed by atoms with E-state index < -0.39 is 5.69 Å². The van der Waals surface area contributed by atoms with E-state index in [1.54, 1.807) is 6.08 Å². The SMILES string of the molecule is C=CCn1c(-c2ccccc2C)nc(Cl)nc1=O. The third-order valence-electron chi connectivity index (χ3n) is 2.57. The Balaban J connectivity index is 2.73. The Bertz CT molecular complexity index is 649. The number of aryl methyl sites for hydroxylation is 1. The molecule has 0 unspecified atom stereocenters. The highest BCUT2D eigenvalue weighted by atomic mass is 35.5. The van der Waals surface area contributed by atoms with E-state index in [9.17, 15) is 4.79 Å². The fourth-order valence-corrected chi connectivity index (χ4v) is 1.88. The van der Waals surface area contributed by atoms with Crippen LogP contribution in [0.25, 0.3) is 11.4 Å². The molecule has 0 saturated heterocycles. The maximum atomic E-state index is 11.8. The molecule has 18 heavy (non-hydrogen) atoms. The van der Waals surface area contributed by atoms with E-state index in [0.29, 0.717) is 12.4 Å². The van der Waals surface area contributed by atoms with Crippen molar-refractivity contribution in [3.63, 3.8) is 0 Å². The first-order valence-corrected chi connectivity index (χ1v) is 5.82. The first kappa shape index (κ1) is 12.5. The Hall–Kier alpha value is -1.94.